The number of nitrogens with zero attached hydrogens (tertiary/aromatic N) is 4. The predicted molar refractivity (Wildman–Crippen MR) is 515 cm³/mol. The van der Waals surface area contributed by atoms with E-state index in [0.29, 0.717) is 11.6 Å². The SMILES string of the molecule is C.C.c1ccc(-c2cc(-c3ccccc3)cc(-c3nc(-c4ccccc4)cc(-c4cccc5c4-c4ccccc4C54c5ccccc5-c5ccccc5-c5ccccc54)n3)c2)cc1.c1ccc(-c2ccc(-c3cc(-c4cccc5c4-c4ccccc4C54c5ccccc5-c5ccccc5-c5ccccc54)nc(-c4ccc(-c5ccccc5)cc4)n3)cc2)cc1. The molecule has 4 nitrogen and oxygen atoms in total. The fourth-order valence-corrected chi connectivity index (χ4v) is 20.2. The largest absolute Gasteiger partial charge is 0.228 e. The van der Waals surface area contributed by atoms with E-state index in [-0.39, 0.29) is 14.9 Å². The highest BCUT2D eigenvalue weighted by Crippen LogP contribution is 2.65. The maximum absolute atomic E-state index is 5.58. The summed E-state index contributed by atoms with van der Waals surface area (Å²) in [5, 5.41) is 0. The molecule has 0 saturated carbocycles. The Bertz CT molecular complexity index is 7170. The summed E-state index contributed by atoms with van der Waals surface area (Å²) in [6.07, 6.45) is 0. The molecule has 4 aliphatic carbocycles. The van der Waals surface area contributed by atoms with Crippen LogP contribution in [0.3, 0.4) is 0 Å². The molecule has 0 saturated heterocycles. The molecule has 4 aliphatic rings. The first-order chi connectivity index (χ1) is 60.5. The zero-order valence-electron chi connectivity index (χ0n) is 66.7. The molecular formula is C120H84N4. The summed E-state index contributed by atoms with van der Waals surface area (Å²) in [7, 11) is 0. The summed E-state index contributed by atoms with van der Waals surface area (Å²) in [5.41, 5.74) is 43.0. The Morgan fingerprint density at radius 2 is 0.339 bits per heavy atom. The highest BCUT2D eigenvalue weighted by molar-refractivity contribution is 6.04. The molecule has 0 amide bonds. The van der Waals surface area contributed by atoms with Gasteiger partial charge in [0.25, 0.3) is 0 Å². The molecule has 124 heavy (non-hydrogen) atoms. The number of hydrogen-bond acceptors (Lipinski definition) is 4. The van der Waals surface area contributed by atoms with E-state index < -0.39 is 10.8 Å². The van der Waals surface area contributed by atoms with Gasteiger partial charge in [-0.3, -0.25) is 0 Å². The van der Waals surface area contributed by atoms with Crippen molar-refractivity contribution >= 4 is 0 Å². The van der Waals surface area contributed by atoms with Crippen molar-refractivity contribution in [3.8, 4) is 179 Å². The Morgan fingerprint density at radius 1 is 0.129 bits per heavy atom. The second-order valence-corrected chi connectivity index (χ2v) is 32.0. The van der Waals surface area contributed by atoms with Crippen molar-refractivity contribution in [2.75, 3.05) is 0 Å². The summed E-state index contributed by atoms with van der Waals surface area (Å²) in [6, 6.07) is 167. The van der Waals surface area contributed by atoms with E-state index in [2.05, 4.69) is 461 Å². The van der Waals surface area contributed by atoms with Crippen LogP contribution in [0.4, 0.5) is 0 Å². The molecule has 18 aromatic carbocycles. The first-order valence-corrected chi connectivity index (χ1v) is 42.0. The monoisotopic (exact) mass is 1580 g/mol. The molecule has 0 bridgehead atoms. The minimum Gasteiger partial charge on any atom is -0.228 e. The van der Waals surface area contributed by atoms with Crippen LogP contribution in [0.2, 0.25) is 0 Å². The summed E-state index contributed by atoms with van der Waals surface area (Å²) in [4.78, 5) is 21.7. The molecular weight excluding hydrogens is 1500 g/mol. The molecule has 0 N–H and O–H groups in total. The number of hydrogen-bond donors (Lipinski definition) is 0. The van der Waals surface area contributed by atoms with Crippen molar-refractivity contribution < 1.29 is 0 Å². The lowest BCUT2D eigenvalue weighted by Crippen LogP contribution is -2.29. The Kier molecular flexibility index (Phi) is 19.1. The van der Waals surface area contributed by atoms with Gasteiger partial charge in [-0.05, 0) is 186 Å². The molecule has 24 rings (SSSR count). The normalized spacial score (nSPS) is 12.5. The van der Waals surface area contributed by atoms with Crippen LogP contribution in [-0.4, -0.2) is 19.9 Å². The minimum absolute atomic E-state index is 0. The number of aromatic nitrogens is 4. The fraction of sp³-hybridized carbons (Fsp3) is 0.0333. The van der Waals surface area contributed by atoms with Gasteiger partial charge >= 0.3 is 0 Å². The lowest BCUT2D eigenvalue weighted by molar-refractivity contribution is 0.775. The summed E-state index contributed by atoms with van der Waals surface area (Å²) in [6.45, 7) is 0. The molecule has 4 heteroatoms. The zero-order valence-corrected chi connectivity index (χ0v) is 66.7. The van der Waals surface area contributed by atoms with Crippen molar-refractivity contribution in [2.45, 2.75) is 25.7 Å². The van der Waals surface area contributed by atoms with Crippen molar-refractivity contribution in [1.82, 2.24) is 19.9 Å². The minimum atomic E-state index is -0.582. The van der Waals surface area contributed by atoms with Crippen molar-refractivity contribution in [1.29, 1.82) is 0 Å². The van der Waals surface area contributed by atoms with Crippen molar-refractivity contribution in [2.24, 2.45) is 0 Å². The van der Waals surface area contributed by atoms with Gasteiger partial charge < -0.3 is 0 Å². The molecule has 20 aromatic rings. The van der Waals surface area contributed by atoms with E-state index in [1.807, 2.05) is 0 Å². The van der Waals surface area contributed by atoms with Crippen LogP contribution in [-0.2, 0) is 10.8 Å². The Hall–Kier alpha value is -15.9. The lowest BCUT2D eigenvalue weighted by Gasteiger charge is -2.35. The third-order valence-corrected chi connectivity index (χ3v) is 25.5. The fourth-order valence-electron chi connectivity index (χ4n) is 20.2. The second kappa shape index (κ2) is 31.4. The van der Waals surface area contributed by atoms with Crippen molar-refractivity contribution in [3.63, 3.8) is 0 Å². The molecule has 0 atom stereocenters. The molecule has 0 radical (unpaired) electrons. The Morgan fingerprint density at radius 3 is 0.677 bits per heavy atom. The average Bonchev–Trinajstić information content (AvgIpc) is 1.52. The van der Waals surface area contributed by atoms with E-state index in [1.165, 1.54) is 128 Å². The van der Waals surface area contributed by atoms with Crippen LogP contribution in [0.25, 0.3) is 179 Å². The summed E-state index contributed by atoms with van der Waals surface area (Å²) < 4.78 is 0. The molecule has 2 heterocycles. The second-order valence-electron chi connectivity index (χ2n) is 32.0. The topological polar surface area (TPSA) is 51.6 Å². The van der Waals surface area contributed by atoms with Crippen LogP contribution < -0.4 is 0 Å². The number of rotatable bonds is 10. The molecule has 2 aromatic heterocycles. The maximum atomic E-state index is 5.58. The maximum Gasteiger partial charge on any atom is 0.160 e. The molecule has 0 fully saturated rings. The van der Waals surface area contributed by atoms with Crippen LogP contribution in [0.15, 0.2) is 461 Å². The first-order valence-electron chi connectivity index (χ1n) is 42.0. The van der Waals surface area contributed by atoms with Gasteiger partial charge in [0.2, 0.25) is 0 Å². The van der Waals surface area contributed by atoms with Gasteiger partial charge in [-0.15, -0.1) is 0 Å². The average molecular weight is 1580 g/mol. The number of benzene rings is 18. The highest BCUT2D eigenvalue weighted by atomic mass is 14.9. The van der Waals surface area contributed by atoms with Gasteiger partial charge in [0.15, 0.2) is 11.6 Å². The van der Waals surface area contributed by atoms with Gasteiger partial charge in [0, 0.05) is 33.4 Å². The summed E-state index contributed by atoms with van der Waals surface area (Å²) >= 11 is 0. The smallest absolute Gasteiger partial charge is 0.160 e. The van der Waals surface area contributed by atoms with E-state index in [9.17, 15) is 0 Å². The van der Waals surface area contributed by atoms with Crippen LogP contribution in [0.5, 0.6) is 0 Å². The highest BCUT2D eigenvalue weighted by Gasteiger charge is 2.52. The van der Waals surface area contributed by atoms with E-state index in [0.717, 1.165) is 84.0 Å². The molecule has 584 valence electrons. The third kappa shape index (κ3) is 12.4. The predicted octanol–water partition coefficient (Wildman–Crippen LogP) is 30.9. The molecule has 2 spiro atoms. The number of fused-ring (bicyclic) bond motifs is 24. The quantitative estimate of drug-likeness (QED) is 0.137. The van der Waals surface area contributed by atoms with Crippen LogP contribution in [0, 0.1) is 0 Å². The van der Waals surface area contributed by atoms with Gasteiger partial charge in [-0.2, -0.15) is 0 Å². The van der Waals surface area contributed by atoms with Crippen LogP contribution in [0.1, 0.15) is 59.4 Å². The Labute approximate surface area is 725 Å². The standard InChI is InChI=1S/2C59H38N2.2CH4/c1-4-19-39(20-5-1)42-35-43(40-21-6-2-7-22-40)37-44(36-42)58-60-55(41-23-8-3-9-24-41)38-56(61-58)50-30-18-34-54-57(50)49-29-14-17-33-53(49)59(54)51-31-15-12-27-47(51)45-25-10-11-26-46(45)48-28-13-16-32-52(48)59;1-3-16-39(17-4-1)41-30-34-43(35-31-41)55-38-56(61-58(60-55)44-36-32-42(33-37-44)40-18-5-2-6-19-40)50-25-15-29-54-57(50)49-24-11-14-28-53(49)59(54)51-26-12-9-22-47(51)45-20-7-8-21-46(45)48-23-10-13-27-52(48)59;;/h2*1-38H;2*1H4. The van der Waals surface area contributed by atoms with Gasteiger partial charge in [-0.25, -0.2) is 19.9 Å². The van der Waals surface area contributed by atoms with Gasteiger partial charge in [0.1, 0.15) is 0 Å². The summed E-state index contributed by atoms with van der Waals surface area (Å²) in [5.74, 6) is 1.38. The van der Waals surface area contributed by atoms with E-state index in [1.54, 1.807) is 0 Å². The van der Waals surface area contributed by atoms with E-state index >= 15 is 0 Å². The molecule has 0 aliphatic heterocycles. The zero-order chi connectivity index (χ0) is 80.7. The Balaban J connectivity index is 0.000000150. The van der Waals surface area contributed by atoms with Gasteiger partial charge in [-0.1, -0.05) is 446 Å². The van der Waals surface area contributed by atoms with E-state index in [4.69, 9.17) is 19.9 Å². The van der Waals surface area contributed by atoms with Crippen LogP contribution >= 0.6 is 0 Å². The third-order valence-electron chi connectivity index (χ3n) is 25.5. The van der Waals surface area contributed by atoms with Crippen molar-refractivity contribution in [3.05, 3.63) is 506 Å². The lowest BCUT2D eigenvalue weighted by atomic mass is 9.66. The van der Waals surface area contributed by atoms with Gasteiger partial charge in [0.05, 0.1) is 33.6 Å². The molecule has 0 unspecified atom stereocenters. The first kappa shape index (κ1) is 75.6.